The van der Waals surface area contributed by atoms with Gasteiger partial charge in [-0.15, -0.1) is 0 Å². The fourth-order valence-electron chi connectivity index (χ4n) is 2.71. The zero-order valence-electron chi connectivity index (χ0n) is 13.9. The molecular weight excluding hydrogens is 347 g/mol. The molecular formula is C18H18ClFN2O3. The smallest absolute Gasteiger partial charge is 0.255 e. The first kappa shape index (κ1) is 17.5. The van der Waals surface area contributed by atoms with Gasteiger partial charge in [0.1, 0.15) is 5.82 Å². The van der Waals surface area contributed by atoms with Crippen molar-refractivity contribution >= 4 is 17.5 Å². The minimum absolute atomic E-state index is 0.0852. The Morgan fingerprint density at radius 2 is 2.04 bits per heavy atom. The molecule has 2 aromatic carbocycles. The fraction of sp³-hybridized carbons (Fsp3) is 0.278. The number of halogens is 2. The highest BCUT2D eigenvalue weighted by Gasteiger charge is 2.22. The summed E-state index contributed by atoms with van der Waals surface area (Å²) in [5.74, 6) is 0.182. The zero-order valence-corrected chi connectivity index (χ0v) is 14.6. The van der Waals surface area contributed by atoms with E-state index in [1.54, 1.807) is 0 Å². The molecule has 1 atom stereocenters. The number of carbonyl (C=O) groups excluding carboxylic acids is 1. The van der Waals surface area contributed by atoms with E-state index in [4.69, 9.17) is 21.1 Å². The summed E-state index contributed by atoms with van der Waals surface area (Å²) in [6, 6.07) is 9.68. The zero-order chi connectivity index (χ0) is 18.0. The highest BCUT2D eigenvalue weighted by atomic mass is 35.5. The van der Waals surface area contributed by atoms with Crippen LogP contribution in [0.2, 0.25) is 5.02 Å². The lowest BCUT2D eigenvalue weighted by molar-refractivity contribution is 0.0938. The maximum Gasteiger partial charge on any atom is 0.255 e. The van der Waals surface area contributed by atoms with Gasteiger partial charge in [0.05, 0.1) is 16.6 Å². The Labute approximate surface area is 150 Å². The summed E-state index contributed by atoms with van der Waals surface area (Å²) >= 11 is 5.94. The molecule has 1 unspecified atom stereocenters. The second-order valence-corrected chi connectivity index (χ2v) is 6.31. The first-order chi connectivity index (χ1) is 12.0. The molecule has 0 saturated heterocycles. The second kappa shape index (κ2) is 7.29. The van der Waals surface area contributed by atoms with Gasteiger partial charge in [-0.05, 0) is 43.9 Å². The molecule has 2 aromatic rings. The molecule has 0 spiro atoms. The van der Waals surface area contributed by atoms with Crippen LogP contribution < -0.4 is 14.8 Å². The third-order valence-electron chi connectivity index (χ3n) is 4.05. The Kier molecular flexibility index (Phi) is 5.11. The van der Waals surface area contributed by atoms with E-state index in [1.165, 1.54) is 18.2 Å². The quantitative estimate of drug-likeness (QED) is 0.885. The standard InChI is InChI=1S/C18H18ClFN2O3/c1-22(2)14(11-6-7-15-16(8-11)25-10-24-15)9-21-18(23)17-12(19)4-3-5-13(17)20/h3-8,14H,9-10H2,1-2H3,(H,21,23). The van der Waals surface area contributed by atoms with Gasteiger partial charge in [-0.2, -0.15) is 0 Å². The van der Waals surface area contributed by atoms with Gasteiger partial charge < -0.3 is 19.7 Å². The Morgan fingerprint density at radius 3 is 2.76 bits per heavy atom. The lowest BCUT2D eigenvalue weighted by Gasteiger charge is -2.25. The van der Waals surface area contributed by atoms with E-state index in [1.807, 2.05) is 37.2 Å². The van der Waals surface area contributed by atoms with Crippen molar-refractivity contribution in [3.05, 3.63) is 58.4 Å². The van der Waals surface area contributed by atoms with Crippen LogP contribution in [0, 0.1) is 5.82 Å². The summed E-state index contributed by atoms with van der Waals surface area (Å²) in [4.78, 5) is 14.3. The Hall–Kier alpha value is -2.31. The lowest BCUT2D eigenvalue weighted by Crippen LogP contribution is -2.35. The minimum Gasteiger partial charge on any atom is -0.454 e. The van der Waals surface area contributed by atoms with Crippen LogP contribution in [0.3, 0.4) is 0 Å². The molecule has 25 heavy (non-hydrogen) atoms. The van der Waals surface area contributed by atoms with Crippen molar-refractivity contribution in [2.24, 2.45) is 0 Å². The molecule has 5 nitrogen and oxygen atoms in total. The molecule has 1 N–H and O–H groups in total. The van der Waals surface area contributed by atoms with E-state index in [0.29, 0.717) is 11.5 Å². The summed E-state index contributed by atoms with van der Waals surface area (Å²) in [6.45, 7) is 0.490. The van der Waals surface area contributed by atoms with E-state index in [0.717, 1.165) is 5.56 Å². The number of ether oxygens (including phenoxy) is 2. The Bertz CT molecular complexity index is 778. The van der Waals surface area contributed by atoms with Gasteiger partial charge in [-0.1, -0.05) is 23.7 Å². The highest BCUT2D eigenvalue weighted by molar-refractivity contribution is 6.33. The van der Waals surface area contributed by atoms with Crippen LogP contribution in [0.15, 0.2) is 36.4 Å². The first-order valence-electron chi connectivity index (χ1n) is 7.75. The lowest BCUT2D eigenvalue weighted by atomic mass is 10.0. The maximum atomic E-state index is 13.9. The van der Waals surface area contributed by atoms with E-state index >= 15 is 0 Å². The molecule has 1 aliphatic rings. The van der Waals surface area contributed by atoms with Crippen LogP contribution in [-0.2, 0) is 0 Å². The third-order valence-corrected chi connectivity index (χ3v) is 4.37. The third kappa shape index (κ3) is 3.70. The number of likely N-dealkylation sites (N-methyl/N-ethyl adjacent to an activating group) is 1. The number of amides is 1. The van der Waals surface area contributed by atoms with Crippen molar-refractivity contribution in [3.63, 3.8) is 0 Å². The average molecular weight is 365 g/mol. The van der Waals surface area contributed by atoms with Crippen LogP contribution in [0.25, 0.3) is 0 Å². The number of nitrogens with one attached hydrogen (secondary N) is 1. The molecule has 0 saturated carbocycles. The summed E-state index contributed by atoms with van der Waals surface area (Å²) < 4.78 is 24.6. The van der Waals surface area contributed by atoms with Gasteiger partial charge in [0.2, 0.25) is 6.79 Å². The topological polar surface area (TPSA) is 50.8 Å². The van der Waals surface area contributed by atoms with Gasteiger partial charge in [-0.3, -0.25) is 4.79 Å². The Morgan fingerprint density at radius 1 is 1.28 bits per heavy atom. The summed E-state index contributed by atoms with van der Waals surface area (Å²) in [5.41, 5.74) is 0.807. The molecule has 0 aromatic heterocycles. The predicted molar refractivity (Wildman–Crippen MR) is 92.7 cm³/mol. The normalized spacial score (nSPS) is 13.8. The number of carbonyl (C=O) groups is 1. The number of rotatable bonds is 5. The van der Waals surface area contributed by atoms with Crippen LogP contribution in [-0.4, -0.2) is 38.2 Å². The number of benzene rings is 2. The molecule has 0 fully saturated rings. The average Bonchev–Trinajstić information content (AvgIpc) is 3.02. The van der Waals surface area contributed by atoms with Gasteiger partial charge in [0.15, 0.2) is 11.5 Å². The SMILES string of the molecule is CN(C)C(CNC(=O)c1c(F)cccc1Cl)c1ccc2c(c1)OCO2. The molecule has 132 valence electrons. The first-order valence-corrected chi connectivity index (χ1v) is 8.13. The highest BCUT2D eigenvalue weighted by Crippen LogP contribution is 2.35. The molecule has 0 bridgehead atoms. The van der Waals surface area contributed by atoms with Gasteiger partial charge in [0.25, 0.3) is 5.91 Å². The van der Waals surface area contributed by atoms with Crippen LogP contribution >= 0.6 is 11.6 Å². The molecule has 1 aliphatic heterocycles. The van der Waals surface area contributed by atoms with Crippen LogP contribution in [0.4, 0.5) is 4.39 Å². The van der Waals surface area contributed by atoms with Crippen LogP contribution in [0.5, 0.6) is 11.5 Å². The van der Waals surface area contributed by atoms with Crippen molar-refractivity contribution in [1.29, 1.82) is 0 Å². The second-order valence-electron chi connectivity index (χ2n) is 5.90. The largest absolute Gasteiger partial charge is 0.454 e. The number of hydrogen-bond donors (Lipinski definition) is 1. The molecule has 1 heterocycles. The molecule has 7 heteroatoms. The van der Waals surface area contributed by atoms with Crippen molar-refractivity contribution < 1.29 is 18.7 Å². The molecule has 0 aliphatic carbocycles. The number of hydrogen-bond acceptors (Lipinski definition) is 4. The van der Waals surface area contributed by atoms with Gasteiger partial charge >= 0.3 is 0 Å². The summed E-state index contributed by atoms with van der Waals surface area (Å²) in [6.07, 6.45) is 0. The van der Waals surface area contributed by atoms with E-state index < -0.39 is 11.7 Å². The summed E-state index contributed by atoms with van der Waals surface area (Å²) in [7, 11) is 3.80. The maximum absolute atomic E-state index is 13.9. The fourth-order valence-corrected chi connectivity index (χ4v) is 2.96. The van der Waals surface area contributed by atoms with Crippen molar-refractivity contribution in [2.45, 2.75) is 6.04 Å². The van der Waals surface area contributed by atoms with E-state index in [-0.39, 0.29) is 30.0 Å². The Balaban J connectivity index is 1.76. The molecule has 0 radical (unpaired) electrons. The van der Waals surface area contributed by atoms with Gasteiger partial charge in [-0.25, -0.2) is 4.39 Å². The van der Waals surface area contributed by atoms with Crippen LogP contribution in [0.1, 0.15) is 22.0 Å². The predicted octanol–water partition coefficient (Wildman–Crippen LogP) is 3.24. The summed E-state index contributed by atoms with van der Waals surface area (Å²) in [5, 5.41) is 2.84. The molecule has 3 rings (SSSR count). The minimum atomic E-state index is -0.644. The molecule has 1 amide bonds. The van der Waals surface area contributed by atoms with E-state index in [2.05, 4.69) is 5.32 Å². The van der Waals surface area contributed by atoms with E-state index in [9.17, 15) is 9.18 Å². The monoisotopic (exact) mass is 364 g/mol. The number of nitrogens with zero attached hydrogens (tertiary/aromatic N) is 1. The number of fused-ring (bicyclic) bond motifs is 1. The van der Waals surface area contributed by atoms with Crippen molar-refractivity contribution in [1.82, 2.24) is 10.2 Å². The van der Waals surface area contributed by atoms with Crippen molar-refractivity contribution in [3.8, 4) is 11.5 Å². The van der Waals surface area contributed by atoms with Crippen molar-refractivity contribution in [2.75, 3.05) is 27.4 Å². The van der Waals surface area contributed by atoms with Gasteiger partial charge in [0, 0.05) is 6.54 Å².